The fourth-order valence-electron chi connectivity index (χ4n) is 5.55. The van der Waals surface area contributed by atoms with E-state index in [9.17, 15) is 29.7 Å². The minimum Gasteiger partial charge on any atom is -0.478 e. The highest BCUT2D eigenvalue weighted by atomic mass is 19.1. The fraction of sp³-hybridized carbons (Fsp3) is 0.581. The van der Waals surface area contributed by atoms with E-state index in [2.05, 4.69) is 10.7 Å². The van der Waals surface area contributed by atoms with E-state index >= 15 is 4.39 Å². The smallest absolute Gasteiger partial charge is 0.356 e. The monoisotopic (exact) mass is 635 g/mol. The van der Waals surface area contributed by atoms with Crippen LogP contribution in [-0.2, 0) is 23.9 Å². The number of allylic oxidation sites excluding steroid dienone is 1. The van der Waals surface area contributed by atoms with Crippen molar-refractivity contribution in [1.29, 1.82) is 0 Å². The second-order valence-electron chi connectivity index (χ2n) is 11.5. The van der Waals surface area contributed by atoms with Crippen LogP contribution in [0.2, 0.25) is 0 Å². The Kier molecular flexibility index (Phi) is 13.6. The van der Waals surface area contributed by atoms with Crippen LogP contribution in [0.5, 0.6) is 0 Å². The third kappa shape index (κ3) is 9.39. The molecule has 2 heterocycles. The number of unbranched alkanes of at least 4 members (excludes halogenated alkanes) is 1. The molecule has 0 aromatic heterocycles. The molecule has 1 aromatic rings. The van der Waals surface area contributed by atoms with Crippen LogP contribution in [0.15, 0.2) is 47.4 Å². The lowest BCUT2D eigenvalue weighted by Gasteiger charge is -2.40. The zero-order chi connectivity index (χ0) is 33.1. The minimum absolute atomic E-state index is 0.00541. The first kappa shape index (κ1) is 35.8. The first-order valence-corrected chi connectivity index (χ1v) is 15.3. The fourth-order valence-corrected chi connectivity index (χ4v) is 5.55. The van der Waals surface area contributed by atoms with E-state index in [-0.39, 0.29) is 48.0 Å². The number of amides is 1. The molecule has 45 heavy (non-hydrogen) atoms. The van der Waals surface area contributed by atoms with Crippen LogP contribution in [0.4, 0.5) is 10.1 Å². The van der Waals surface area contributed by atoms with Gasteiger partial charge in [-0.3, -0.25) is 10.2 Å². The number of nitrogens with one attached hydrogen (secondary N) is 2. The van der Waals surface area contributed by atoms with E-state index in [1.54, 1.807) is 18.1 Å². The van der Waals surface area contributed by atoms with Crippen LogP contribution in [0.25, 0.3) is 0 Å². The van der Waals surface area contributed by atoms with Crippen molar-refractivity contribution < 1.29 is 43.6 Å². The Morgan fingerprint density at radius 2 is 1.91 bits per heavy atom. The maximum atomic E-state index is 15.4. The number of carbonyl (C=O) groups excluding carboxylic acids is 1. The molecular formula is C31H46FN5O8. The molecule has 2 aliphatic rings. The number of hydrogen-bond acceptors (Lipinski definition) is 10. The first-order valence-electron chi connectivity index (χ1n) is 15.3. The Morgan fingerprint density at radius 1 is 1.18 bits per heavy atom. The van der Waals surface area contributed by atoms with Gasteiger partial charge in [0, 0.05) is 51.9 Å². The number of nitrogens with zero attached hydrogens (tertiary/aromatic N) is 3. The van der Waals surface area contributed by atoms with Gasteiger partial charge in [0.05, 0.1) is 24.5 Å². The summed E-state index contributed by atoms with van der Waals surface area (Å²) >= 11 is 0. The van der Waals surface area contributed by atoms with Crippen molar-refractivity contribution in [3.63, 3.8) is 0 Å². The van der Waals surface area contributed by atoms with Gasteiger partial charge in [-0.25, -0.2) is 19.0 Å². The summed E-state index contributed by atoms with van der Waals surface area (Å²) < 4.78 is 26.0. The van der Waals surface area contributed by atoms with Crippen LogP contribution in [0.1, 0.15) is 46.5 Å². The van der Waals surface area contributed by atoms with Crippen molar-refractivity contribution in [2.45, 2.75) is 58.6 Å². The van der Waals surface area contributed by atoms with Crippen LogP contribution in [0, 0.1) is 17.7 Å². The average Bonchev–Trinajstić information content (AvgIpc) is 3.37. The number of carbonyl (C=O) groups is 3. The largest absolute Gasteiger partial charge is 0.478 e. The number of carboxylic acids is 2. The number of piperidine rings is 1. The lowest BCUT2D eigenvalue weighted by molar-refractivity contribution is -0.137. The number of hydrogen-bond donors (Lipinski definition) is 5. The van der Waals surface area contributed by atoms with E-state index in [4.69, 9.17) is 9.47 Å². The Balaban J connectivity index is 2.13. The Hall–Kier alpha value is -3.72. The molecule has 13 nitrogen and oxygen atoms in total. The van der Waals surface area contributed by atoms with E-state index in [0.717, 1.165) is 5.12 Å². The Morgan fingerprint density at radius 3 is 2.53 bits per heavy atom. The second kappa shape index (κ2) is 17.1. The number of methoxy groups -OCH3 is 1. The van der Waals surface area contributed by atoms with Crippen molar-refractivity contribution in [3.05, 3.63) is 53.2 Å². The van der Waals surface area contributed by atoms with Crippen LogP contribution in [0.3, 0.4) is 0 Å². The number of para-hydroxylation sites is 1. The highest BCUT2D eigenvalue weighted by molar-refractivity contribution is 5.97. The highest BCUT2D eigenvalue weighted by Gasteiger charge is 2.42. The highest BCUT2D eigenvalue weighted by Crippen LogP contribution is 2.35. The van der Waals surface area contributed by atoms with Gasteiger partial charge in [-0.15, -0.1) is 0 Å². The summed E-state index contributed by atoms with van der Waals surface area (Å²) in [5.41, 5.74) is 2.34. The molecule has 0 aliphatic carbocycles. The van der Waals surface area contributed by atoms with E-state index in [1.165, 1.54) is 23.2 Å². The maximum Gasteiger partial charge on any atom is 0.356 e. The van der Waals surface area contributed by atoms with E-state index in [0.29, 0.717) is 58.2 Å². The number of anilines is 1. The zero-order valence-electron chi connectivity index (χ0n) is 26.4. The molecule has 2 aliphatic heterocycles. The Labute approximate surface area is 263 Å². The topological polar surface area (TPSA) is 164 Å². The van der Waals surface area contributed by atoms with Crippen LogP contribution in [-0.4, -0.2) is 102 Å². The third-order valence-corrected chi connectivity index (χ3v) is 7.64. The maximum absolute atomic E-state index is 15.4. The summed E-state index contributed by atoms with van der Waals surface area (Å²) in [5.74, 6) is -4.42. The van der Waals surface area contributed by atoms with Gasteiger partial charge < -0.3 is 35.0 Å². The molecule has 5 N–H and O–H groups in total. The molecular weight excluding hydrogens is 589 g/mol. The molecule has 250 valence electrons. The predicted octanol–water partition coefficient (Wildman–Crippen LogP) is 2.31. The SMILES string of the molecule is CCOCC(O)[C@H]1CNC[C@@H](N(CC(C)C)C(=O)C2=C(CCCCOC)N(c3ccccc3F)N(/C(=C/C(=O)O)C(=O)O)N2)C1. The van der Waals surface area contributed by atoms with Crippen molar-refractivity contribution in [2.75, 3.05) is 51.6 Å². The lowest BCUT2D eigenvalue weighted by atomic mass is 9.89. The number of benzene rings is 1. The number of halogens is 1. The molecule has 1 amide bonds. The van der Waals surface area contributed by atoms with Gasteiger partial charge in [-0.2, -0.15) is 5.12 Å². The first-order chi connectivity index (χ1) is 21.5. The minimum atomic E-state index is -1.60. The summed E-state index contributed by atoms with van der Waals surface area (Å²) in [7, 11) is 1.56. The zero-order valence-corrected chi connectivity index (χ0v) is 26.4. The van der Waals surface area contributed by atoms with Gasteiger partial charge in [0.1, 0.15) is 17.2 Å². The molecule has 1 unspecified atom stereocenters. The summed E-state index contributed by atoms with van der Waals surface area (Å²) in [6.07, 6.45) is 1.58. The molecule has 1 fully saturated rings. The number of ether oxygens (including phenoxy) is 2. The number of rotatable bonds is 17. The van der Waals surface area contributed by atoms with Crippen LogP contribution >= 0.6 is 0 Å². The molecule has 1 aromatic carbocycles. The molecule has 0 saturated carbocycles. The van der Waals surface area contributed by atoms with Gasteiger partial charge in [-0.1, -0.05) is 26.0 Å². The molecule has 0 radical (unpaired) electrons. The normalized spacial score (nSPS) is 19.6. The average molecular weight is 636 g/mol. The predicted molar refractivity (Wildman–Crippen MR) is 164 cm³/mol. The van der Waals surface area contributed by atoms with Gasteiger partial charge in [-0.05, 0) is 50.7 Å². The molecule has 0 spiro atoms. The Bertz CT molecular complexity index is 1240. The van der Waals surface area contributed by atoms with Gasteiger partial charge in [0.25, 0.3) is 5.91 Å². The quantitative estimate of drug-likeness (QED) is 0.126. The number of aliphatic hydroxyl groups excluding tert-OH is 1. The van der Waals surface area contributed by atoms with Crippen LogP contribution < -0.4 is 15.8 Å². The van der Waals surface area contributed by atoms with Crippen molar-refractivity contribution in [3.8, 4) is 0 Å². The lowest BCUT2D eigenvalue weighted by Crippen LogP contribution is -2.55. The number of carboxylic acid groups (broad SMARTS) is 2. The summed E-state index contributed by atoms with van der Waals surface area (Å²) in [6, 6.07) is 5.33. The number of aliphatic carboxylic acids is 2. The molecule has 14 heteroatoms. The third-order valence-electron chi connectivity index (χ3n) is 7.64. The standard InChI is InChI=1S/C31H46FN5O8/c1-5-45-19-27(38)21-14-22(17-33-16-21)35(18-20(2)3)30(41)29-25(12-8-9-13-44-4)36(24-11-7-6-10-23(24)32)37(34-29)26(31(42)43)15-28(39)40/h6-7,10-11,15,20-22,27,33-34,38H,5,8-9,12-14,16-19H2,1-4H3,(H,39,40)(H,42,43)/b26-15+/t21-,22+,27?/m1/s1. The molecule has 3 rings (SSSR count). The number of hydrazine groups is 2. The molecule has 3 atom stereocenters. The van der Waals surface area contributed by atoms with Crippen molar-refractivity contribution in [1.82, 2.24) is 20.8 Å². The summed E-state index contributed by atoms with van der Waals surface area (Å²) in [6.45, 7) is 8.23. The molecule has 1 saturated heterocycles. The van der Waals surface area contributed by atoms with Crippen molar-refractivity contribution in [2.24, 2.45) is 11.8 Å². The summed E-state index contributed by atoms with van der Waals surface area (Å²) in [4.78, 5) is 40.3. The number of aliphatic hydroxyl groups is 1. The van der Waals surface area contributed by atoms with Gasteiger partial charge >= 0.3 is 11.9 Å². The van der Waals surface area contributed by atoms with E-state index < -0.39 is 35.5 Å². The van der Waals surface area contributed by atoms with E-state index in [1.807, 2.05) is 20.8 Å². The summed E-state index contributed by atoms with van der Waals surface area (Å²) in [5, 5.41) is 35.8. The van der Waals surface area contributed by atoms with Crippen molar-refractivity contribution >= 4 is 23.5 Å². The molecule has 0 bridgehead atoms. The van der Waals surface area contributed by atoms with Gasteiger partial charge in [0.15, 0.2) is 5.70 Å². The van der Waals surface area contributed by atoms with Gasteiger partial charge in [0.2, 0.25) is 0 Å². The second-order valence-corrected chi connectivity index (χ2v) is 11.5.